The van der Waals surface area contributed by atoms with Crippen molar-refractivity contribution in [3.05, 3.63) is 35.4 Å². The number of likely N-dealkylation sites (N-methyl/N-ethyl adjacent to an activating group) is 1. The number of nitrogens with one attached hydrogen (secondary N) is 1. The summed E-state index contributed by atoms with van der Waals surface area (Å²) in [5.74, 6) is -1.57. The van der Waals surface area contributed by atoms with Crippen molar-refractivity contribution in [1.29, 1.82) is 0 Å². The summed E-state index contributed by atoms with van der Waals surface area (Å²) in [6, 6.07) is 4.21. The lowest BCUT2D eigenvalue weighted by Gasteiger charge is -2.35. The van der Waals surface area contributed by atoms with Gasteiger partial charge in [-0.05, 0) is 45.4 Å². The van der Waals surface area contributed by atoms with Gasteiger partial charge in [0.2, 0.25) is 0 Å². The van der Waals surface area contributed by atoms with Crippen LogP contribution < -0.4 is 5.32 Å². The zero-order chi connectivity index (χ0) is 14.5. The average Bonchev–Trinajstić information content (AvgIpc) is 2.34. The number of rotatable bonds is 7. The van der Waals surface area contributed by atoms with Crippen LogP contribution in [-0.4, -0.2) is 24.8 Å². The van der Waals surface area contributed by atoms with E-state index in [1.54, 1.807) is 6.07 Å². The zero-order valence-corrected chi connectivity index (χ0v) is 12.1. The van der Waals surface area contributed by atoms with Crippen molar-refractivity contribution in [2.75, 3.05) is 13.2 Å². The van der Waals surface area contributed by atoms with E-state index >= 15 is 0 Å². The molecule has 0 amide bonds. The summed E-state index contributed by atoms with van der Waals surface area (Å²) in [6.07, 6.45) is 0.393. The predicted octanol–water partition coefficient (Wildman–Crippen LogP) is 3.30. The smallest absolute Gasteiger partial charge is 0.162 e. The Bertz CT molecular complexity index is 407. The number of ether oxygens (including phenoxy) is 1. The molecule has 1 unspecified atom stereocenters. The van der Waals surface area contributed by atoms with Gasteiger partial charge in [0, 0.05) is 12.6 Å². The first-order valence-corrected chi connectivity index (χ1v) is 6.72. The van der Waals surface area contributed by atoms with Crippen molar-refractivity contribution < 1.29 is 13.5 Å². The van der Waals surface area contributed by atoms with Crippen LogP contribution in [-0.2, 0) is 11.2 Å². The second-order valence-electron chi connectivity index (χ2n) is 5.06. The van der Waals surface area contributed by atoms with Crippen LogP contribution in [0.4, 0.5) is 8.78 Å². The van der Waals surface area contributed by atoms with Crippen molar-refractivity contribution in [3.8, 4) is 0 Å². The van der Waals surface area contributed by atoms with Gasteiger partial charge in [-0.25, -0.2) is 8.78 Å². The van der Waals surface area contributed by atoms with E-state index in [1.807, 2.05) is 27.7 Å². The summed E-state index contributed by atoms with van der Waals surface area (Å²) in [4.78, 5) is 0. The van der Waals surface area contributed by atoms with Crippen LogP contribution in [0.3, 0.4) is 0 Å². The van der Waals surface area contributed by atoms with Crippen molar-refractivity contribution in [2.24, 2.45) is 0 Å². The van der Waals surface area contributed by atoms with Crippen molar-refractivity contribution in [3.63, 3.8) is 0 Å². The Hall–Kier alpha value is -1.00. The van der Waals surface area contributed by atoms with Gasteiger partial charge in [-0.3, -0.25) is 0 Å². The molecule has 1 atom stereocenters. The maximum Gasteiger partial charge on any atom is 0.162 e. The SMILES string of the molecule is CCNC(Cc1cccc(F)c1F)C(C)(C)OCC. The molecule has 1 rings (SSSR count). The molecule has 19 heavy (non-hydrogen) atoms. The standard InChI is InChI=1S/C15H23F2NO/c1-5-18-13(15(3,4)19-6-2)10-11-8-7-9-12(16)14(11)17/h7-9,13,18H,5-6,10H2,1-4H3. The molecule has 0 heterocycles. The lowest BCUT2D eigenvalue weighted by Crippen LogP contribution is -2.50. The van der Waals surface area contributed by atoms with Crippen LogP contribution in [0.1, 0.15) is 33.3 Å². The van der Waals surface area contributed by atoms with E-state index in [0.29, 0.717) is 18.6 Å². The molecule has 0 aliphatic carbocycles. The third-order valence-electron chi connectivity index (χ3n) is 3.26. The lowest BCUT2D eigenvalue weighted by atomic mass is 9.91. The van der Waals surface area contributed by atoms with Gasteiger partial charge in [0.15, 0.2) is 11.6 Å². The molecule has 0 saturated carbocycles. The van der Waals surface area contributed by atoms with Gasteiger partial charge in [0.1, 0.15) is 0 Å². The highest BCUT2D eigenvalue weighted by atomic mass is 19.2. The van der Waals surface area contributed by atoms with Gasteiger partial charge < -0.3 is 10.1 Å². The average molecular weight is 271 g/mol. The van der Waals surface area contributed by atoms with Crippen molar-refractivity contribution in [2.45, 2.75) is 45.8 Å². The Morgan fingerprint density at radius 2 is 1.95 bits per heavy atom. The number of hydrogen-bond acceptors (Lipinski definition) is 2. The molecule has 0 fully saturated rings. The van der Waals surface area contributed by atoms with Crippen LogP contribution in [0.15, 0.2) is 18.2 Å². The molecule has 1 N–H and O–H groups in total. The first kappa shape index (κ1) is 16.1. The molecule has 0 radical (unpaired) electrons. The number of halogens is 2. The van der Waals surface area contributed by atoms with Gasteiger partial charge in [-0.2, -0.15) is 0 Å². The molecule has 0 aliphatic heterocycles. The first-order chi connectivity index (χ1) is 8.92. The Morgan fingerprint density at radius 1 is 1.26 bits per heavy atom. The summed E-state index contributed by atoms with van der Waals surface area (Å²) in [6.45, 7) is 9.16. The summed E-state index contributed by atoms with van der Waals surface area (Å²) in [5, 5.41) is 3.29. The Balaban J connectivity index is 2.92. The highest BCUT2D eigenvalue weighted by molar-refractivity contribution is 5.20. The van der Waals surface area contributed by atoms with Gasteiger partial charge in [0.05, 0.1) is 5.60 Å². The highest BCUT2D eigenvalue weighted by Crippen LogP contribution is 2.21. The minimum absolute atomic E-state index is 0.0752. The molecular weight excluding hydrogens is 248 g/mol. The Kier molecular flexibility index (Phi) is 5.88. The van der Waals surface area contributed by atoms with E-state index in [2.05, 4.69) is 5.32 Å². The van der Waals surface area contributed by atoms with E-state index in [4.69, 9.17) is 4.74 Å². The minimum atomic E-state index is -0.804. The molecule has 1 aromatic carbocycles. The van der Waals surface area contributed by atoms with E-state index < -0.39 is 17.2 Å². The largest absolute Gasteiger partial charge is 0.374 e. The Morgan fingerprint density at radius 3 is 2.53 bits per heavy atom. The Labute approximate surface area is 114 Å². The van der Waals surface area contributed by atoms with Crippen LogP contribution in [0, 0.1) is 11.6 Å². The van der Waals surface area contributed by atoms with Gasteiger partial charge >= 0.3 is 0 Å². The molecule has 108 valence electrons. The molecule has 0 saturated heterocycles. The predicted molar refractivity (Wildman–Crippen MR) is 73.2 cm³/mol. The molecule has 4 heteroatoms. The summed E-state index contributed by atoms with van der Waals surface area (Å²) >= 11 is 0. The van der Waals surface area contributed by atoms with Gasteiger partial charge in [0.25, 0.3) is 0 Å². The first-order valence-electron chi connectivity index (χ1n) is 6.72. The molecule has 0 bridgehead atoms. The molecule has 0 spiro atoms. The van der Waals surface area contributed by atoms with E-state index in [-0.39, 0.29) is 6.04 Å². The zero-order valence-electron chi connectivity index (χ0n) is 12.1. The highest BCUT2D eigenvalue weighted by Gasteiger charge is 2.30. The minimum Gasteiger partial charge on any atom is -0.374 e. The number of benzene rings is 1. The summed E-state index contributed by atoms with van der Waals surface area (Å²) in [5.41, 5.74) is -0.0671. The fourth-order valence-corrected chi connectivity index (χ4v) is 2.21. The summed E-state index contributed by atoms with van der Waals surface area (Å²) in [7, 11) is 0. The second kappa shape index (κ2) is 6.96. The van der Waals surface area contributed by atoms with E-state index in [9.17, 15) is 8.78 Å². The quantitative estimate of drug-likeness (QED) is 0.821. The van der Waals surface area contributed by atoms with Crippen LogP contribution in [0.2, 0.25) is 0 Å². The molecule has 2 nitrogen and oxygen atoms in total. The third kappa shape index (κ3) is 4.25. The van der Waals surface area contributed by atoms with Crippen molar-refractivity contribution >= 4 is 0 Å². The van der Waals surface area contributed by atoms with Crippen molar-refractivity contribution in [1.82, 2.24) is 5.32 Å². The molecule has 1 aromatic rings. The fraction of sp³-hybridized carbons (Fsp3) is 0.600. The number of hydrogen-bond donors (Lipinski definition) is 1. The second-order valence-corrected chi connectivity index (χ2v) is 5.06. The van der Waals surface area contributed by atoms with Gasteiger partial charge in [-0.1, -0.05) is 19.1 Å². The monoisotopic (exact) mass is 271 g/mol. The maximum absolute atomic E-state index is 13.7. The van der Waals surface area contributed by atoms with Gasteiger partial charge in [-0.15, -0.1) is 0 Å². The van der Waals surface area contributed by atoms with Crippen LogP contribution in [0.25, 0.3) is 0 Å². The van der Waals surface area contributed by atoms with Crippen LogP contribution in [0.5, 0.6) is 0 Å². The summed E-state index contributed by atoms with van der Waals surface area (Å²) < 4.78 is 32.7. The van der Waals surface area contributed by atoms with Crippen LogP contribution >= 0.6 is 0 Å². The normalized spacial score (nSPS) is 13.6. The molecule has 0 aromatic heterocycles. The fourth-order valence-electron chi connectivity index (χ4n) is 2.21. The van der Waals surface area contributed by atoms with E-state index in [0.717, 1.165) is 12.6 Å². The molecule has 0 aliphatic rings. The maximum atomic E-state index is 13.7. The van der Waals surface area contributed by atoms with E-state index in [1.165, 1.54) is 6.07 Å². The molecular formula is C15H23F2NO. The topological polar surface area (TPSA) is 21.3 Å². The lowest BCUT2D eigenvalue weighted by molar-refractivity contribution is -0.0378. The third-order valence-corrected chi connectivity index (χ3v) is 3.26.